The Morgan fingerprint density at radius 2 is 1.84 bits per heavy atom. The first-order chi connectivity index (χ1) is 15.2. The fourth-order valence-corrected chi connectivity index (χ4v) is 4.21. The maximum Gasteiger partial charge on any atom is 0.247 e. The van der Waals surface area contributed by atoms with Crippen LogP contribution in [0.5, 0.6) is 17.4 Å². The van der Waals surface area contributed by atoms with E-state index < -0.39 is 6.23 Å². The maximum atomic E-state index is 9.94. The van der Waals surface area contributed by atoms with E-state index in [2.05, 4.69) is 27.4 Å². The van der Waals surface area contributed by atoms with Gasteiger partial charge in [-0.3, -0.25) is 0 Å². The van der Waals surface area contributed by atoms with Crippen molar-refractivity contribution in [3.8, 4) is 28.6 Å². The first-order valence-electron chi connectivity index (χ1n) is 10.6. The Bertz CT molecular complexity index is 1050. The molecule has 0 saturated carbocycles. The average Bonchev–Trinajstić information content (AvgIpc) is 2.94. The Morgan fingerprint density at radius 3 is 2.68 bits per heavy atom. The van der Waals surface area contributed by atoms with Gasteiger partial charge in [0.1, 0.15) is 0 Å². The van der Waals surface area contributed by atoms with Crippen LogP contribution in [0, 0.1) is 0 Å². The van der Waals surface area contributed by atoms with Crippen LogP contribution in [-0.2, 0) is 0 Å². The van der Waals surface area contributed by atoms with E-state index >= 15 is 0 Å². The first-order valence-corrected chi connectivity index (χ1v) is 11.6. The highest BCUT2D eigenvalue weighted by Crippen LogP contribution is 2.40. The van der Waals surface area contributed by atoms with Gasteiger partial charge < -0.3 is 20.3 Å². The molecule has 162 valence electrons. The maximum absolute atomic E-state index is 9.94. The highest BCUT2D eigenvalue weighted by molar-refractivity contribution is 7.99. The van der Waals surface area contributed by atoms with Gasteiger partial charge in [0.05, 0.1) is 0 Å². The molecule has 2 heterocycles. The van der Waals surface area contributed by atoms with Gasteiger partial charge in [-0.2, -0.15) is 4.98 Å². The molecule has 8 heteroatoms. The lowest BCUT2D eigenvalue weighted by atomic mass is 10.1. The van der Waals surface area contributed by atoms with Gasteiger partial charge in [-0.15, -0.1) is 10.2 Å². The predicted molar refractivity (Wildman–Crippen MR) is 122 cm³/mol. The zero-order valence-electron chi connectivity index (χ0n) is 17.4. The molecule has 1 aliphatic rings. The molecule has 0 amide bonds. The molecule has 1 aliphatic heterocycles. The quantitative estimate of drug-likeness (QED) is 0.240. The molecule has 0 aliphatic carbocycles. The number of thioether (sulfide) groups is 1. The number of para-hydroxylation sites is 1. The van der Waals surface area contributed by atoms with Crippen LogP contribution in [-0.4, -0.2) is 31.1 Å². The van der Waals surface area contributed by atoms with Crippen molar-refractivity contribution >= 4 is 17.4 Å². The van der Waals surface area contributed by atoms with E-state index in [1.807, 2.05) is 24.3 Å². The van der Waals surface area contributed by atoms with Crippen LogP contribution >= 0.6 is 11.8 Å². The zero-order chi connectivity index (χ0) is 21.6. The zero-order valence-corrected chi connectivity index (χ0v) is 18.2. The Morgan fingerprint density at radius 1 is 1.00 bits per heavy atom. The summed E-state index contributed by atoms with van der Waals surface area (Å²) < 4.78 is 6.19. The summed E-state index contributed by atoms with van der Waals surface area (Å²) in [4.78, 5) is 4.64. The molecule has 0 fully saturated rings. The van der Waals surface area contributed by atoms with Gasteiger partial charge in [-0.1, -0.05) is 62.6 Å². The Hall–Kier alpha value is -3.00. The molecule has 1 aromatic heterocycles. The number of phenols is 2. The number of aromatic nitrogens is 3. The Labute approximate surface area is 185 Å². The number of phenolic OH excluding ortho intramolecular Hbond substituents is 2. The second-order valence-corrected chi connectivity index (χ2v) is 8.51. The van der Waals surface area contributed by atoms with Crippen molar-refractivity contribution in [1.82, 2.24) is 15.2 Å². The van der Waals surface area contributed by atoms with Crippen molar-refractivity contribution in [3.63, 3.8) is 0 Å². The average molecular weight is 439 g/mol. The molecule has 0 saturated heterocycles. The van der Waals surface area contributed by atoms with Gasteiger partial charge in [-0.25, -0.2) is 0 Å². The summed E-state index contributed by atoms with van der Waals surface area (Å²) >= 11 is 1.58. The van der Waals surface area contributed by atoms with E-state index in [9.17, 15) is 10.2 Å². The number of aromatic hydroxyl groups is 2. The van der Waals surface area contributed by atoms with Gasteiger partial charge in [0.2, 0.25) is 11.0 Å². The smallest absolute Gasteiger partial charge is 0.247 e. The second-order valence-electron chi connectivity index (χ2n) is 7.45. The molecular weight excluding hydrogens is 412 g/mol. The van der Waals surface area contributed by atoms with Crippen molar-refractivity contribution < 1.29 is 14.9 Å². The van der Waals surface area contributed by atoms with E-state index in [0.29, 0.717) is 22.3 Å². The number of nitrogens with one attached hydrogen (secondary N) is 1. The van der Waals surface area contributed by atoms with E-state index in [1.165, 1.54) is 37.8 Å². The lowest BCUT2D eigenvalue weighted by Gasteiger charge is -2.19. The van der Waals surface area contributed by atoms with Crippen molar-refractivity contribution in [2.45, 2.75) is 50.4 Å². The van der Waals surface area contributed by atoms with Gasteiger partial charge in [0.15, 0.2) is 23.4 Å². The third-order valence-corrected chi connectivity index (χ3v) is 6.04. The second kappa shape index (κ2) is 9.87. The molecular formula is C23H26N4O3S. The summed E-state index contributed by atoms with van der Waals surface area (Å²) in [6.07, 6.45) is 5.48. The summed E-state index contributed by atoms with van der Waals surface area (Å²) in [6.45, 7) is 2.21. The van der Waals surface area contributed by atoms with Crippen LogP contribution in [0.4, 0.5) is 5.69 Å². The van der Waals surface area contributed by atoms with Crippen molar-refractivity contribution in [3.05, 3.63) is 48.0 Å². The number of rotatable bonds is 8. The van der Waals surface area contributed by atoms with Gasteiger partial charge in [0, 0.05) is 22.6 Å². The summed E-state index contributed by atoms with van der Waals surface area (Å²) in [5.74, 6) is 0.938. The molecule has 0 radical (unpaired) electrons. The Kier molecular flexibility index (Phi) is 6.76. The fourth-order valence-electron chi connectivity index (χ4n) is 3.43. The molecule has 3 N–H and O–H groups in total. The predicted octanol–water partition coefficient (Wildman–Crippen LogP) is 5.52. The monoisotopic (exact) mass is 438 g/mol. The van der Waals surface area contributed by atoms with E-state index in [-0.39, 0.29) is 11.5 Å². The van der Waals surface area contributed by atoms with Crippen molar-refractivity contribution in [1.29, 1.82) is 0 Å². The summed E-state index contributed by atoms with van der Waals surface area (Å²) in [5.41, 5.74) is 2.90. The number of unbranched alkanes of at least 4 members (excludes halogenated alkanes) is 4. The number of nitrogens with zero attached hydrogens (tertiary/aromatic N) is 3. The first kappa shape index (κ1) is 21.2. The molecule has 3 aromatic rings. The highest BCUT2D eigenvalue weighted by atomic mass is 32.2. The molecule has 2 aromatic carbocycles. The van der Waals surface area contributed by atoms with Crippen LogP contribution in [0.25, 0.3) is 11.3 Å². The molecule has 0 bridgehead atoms. The van der Waals surface area contributed by atoms with Crippen LogP contribution in [0.1, 0.15) is 50.8 Å². The van der Waals surface area contributed by atoms with Crippen LogP contribution in [0.15, 0.2) is 47.6 Å². The number of hydrogen-bond acceptors (Lipinski definition) is 8. The van der Waals surface area contributed by atoms with Crippen LogP contribution in [0.3, 0.4) is 0 Å². The molecule has 7 nitrogen and oxygen atoms in total. The molecule has 1 atom stereocenters. The third-order valence-electron chi connectivity index (χ3n) is 5.11. The molecule has 4 rings (SSSR count). The van der Waals surface area contributed by atoms with Gasteiger partial charge >= 0.3 is 0 Å². The Balaban J connectivity index is 1.59. The highest BCUT2D eigenvalue weighted by Gasteiger charge is 2.26. The minimum absolute atomic E-state index is 0.181. The SMILES string of the molecule is CCCCCCCSc1nnc2c(n1)O[C@H](c1ccc(O)c(O)c1)Nc1ccccc1-2. The normalized spacial score (nSPS) is 14.7. The van der Waals surface area contributed by atoms with Crippen molar-refractivity contribution in [2.24, 2.45) is 0 Å². The molecule has 31 heavy (non-hydrogen) atoms. The largest absolute Gasteiger partial charge is 0.504 e. The van der Waals surface area contributed by atoms with Crippen LogP contribution in [0.2, 0.25) is 0 Å². The summed E-state index contributed by atoms with van der Waals surface area (Å²) in [7, 11) is 0. The minimum Gasteiger partial charge on any atom is -0.504 e. The molecule has 0 unspecified atom stereocenters. The van der Waals surface area contributed by atoms with E-state index in [4.69, 9.17) is 4.74 Å². The third kappa shape index (κ3) is 5.02. The number of fused-ring (bicyclic) bond motifs is 3. The summed E-state index contributed by atoms with van der Waals surface area (Å²) in [6, 6.07) is 12.3. The minimum atomic E-state index is -0.613. The summed E-state index contributed by atoms with van der Waals surface area (Å²) in [5, 5.41) is 32.2. The standard InChI is InChI=1S/C23H26N4O3S/c1-2-3-4-5-8-13-31-23-25-22-20(26-27-23)16-9-6-7-10-17(16)24-21(30-22)15-11-12-18(28)19(29)14-15/h6-7,9-12,14,21,24,28-29H,2-5,8,13H2,1H3/t21-/m1/s1. The lowest BCUT2D eigenvalue weighted by molar-refractivity contribution is 0.224. The number of benzene rings is 2. The number of ether oxygens (including phenoxy) is 1. The van der Waals surface area contributed by atoms with Gasteiger partial charge in [0.25, 0.3) is 0 Å². The fraction of sp³-hybridized carbons (Fsp3) is 0.348. The van der Waals surface area contributed by atoms with E-state index in [0.717, 1.165) is 23.4 Å². The number of hydrogen-bond donors (Lipinski definition) is 3. The topological polar surface area (TPSA) is 100 Å². The number of anilines is 1. The lowest BCUT2D eigenvalue weighted by Crippen LogP contribution is -2.17. The van der Waals surface area contributed by atoms with Crippen molar-refractivity contribution in [2.75, 3.05) is 11.1 Å². The molecule has 0 spiro atoms. The van der Waals surface area contributed by atoms with Crippen LogP contribution < -0.4 is 10.1 Å². The van der Waals surface area contributed by atoms with E-state index in [1.54, 1.807) is 17.8 Å². The van der Waals surface area contributed by atoms with Gasteiger partial charge in [-0.05, 0) is 30.7 Å².